The van der Waals surface area contributed by atoms with E-state index in [1.165, 1.54) is 25.0 Å². The summed E-state index contributed by atoms with van der Waals surface area (Å²) in [6.07, 6.45) is 8.76. The molecule has 2 aromatic carbocycles. The fourth-order valence-corrected chi connectivity index (χ4v) is 4.20. The van der Waals surface area contributed by atoms with Crippen molar-refractivity contribution in [2.45, 2.75) is 45.7 Å². The number of halogens is 3. The van der Waals surface area contributed by atoms with E-state index in [1.807, 2.05) is 38.1 Å². The molecule has 3 aromatic rings. The Morgan fingerprint density at radius 1 is 1.27 bits per heavy atom. The average Bonchev–Trinajstić information content (AvgIpc) is 3.52. The first kappa shape index (κ1) is 24.9. The number of anilines is 2. The number of aryl methyl sites for hydroxylation is 2. The van der Waals surface area contributed by atoms with Crippen LogP contribution >= 0.6 is 24.0 Å². The van der Waals surface area contributed by atoms with Crippen LogP contribution in [0.15, 0.2) is 36.4 Å². The molecule has 8 heteroatoms. The van der Waals surface area contributed by atoms with Gasteiger partial charge < -0.3 is 9.64 Å². The molecule has 1 unspecified atom stereocenters. The average molecular weight is 489 g/mol. The van der Waals surface area contributed by atoms with Gasteiger partial charge in [0.05, 0.1) is 23.9 Å². The fourth-order valence-electron chi connectivity index (χ4n) is 3.96. The highest BCUT2D eigenvalue weighted by molar-refractivity contribution is 6.33. The van der Waals surface area contributed by atoms with Crippen molar-refractivity contribution in [2.24, 2.45) is 5.92 Å². The second-order valence-electron chi connectivity index (χ2n) is 8.21. The number of nitrogens with zero attached hydrogens (tertiary/aromatic N) is 4. The number of hydrogen-bond acceptors (Lipinski definition) is 4. The van der Waals surface area contributed by atoms with Crippen LogP contribution in [0.1, 0.15) is 42.3 Å². The second kappa shape index (κ2) is 10.5. The van der Waals surface area contributed by atoms with Crippen LogP contribution in [0.5, 0.6) is 5.75 Å². The molecule has 1 aliphatic carbocycles. The number of ether oxygens (including phenoxy) is 1. The topological polar surface area (TPSA) is 43.2 Å². The van der Waals surface area contributed by atoms with Gasteiger partial charge >= 0.3 is 0 Å². The molecule has 1 saturated carbocycles. The Morgan fingerprint density at radius 3 is 2.58 bits per heavy atom. The van der Waals surface area contributed by atoms with Gasteiger partial charge in [-0.2, -0.15) is 4.98 Å². The van der Waals surface area contributed by atoms with E-state index in [4.69, 9.17) is 32.8 Å². The van der Waals surface area contributed by atoms with Crippen LogP contribution in [0, 0.1) is 37.9 Å². The molecule has 0 bridgehead atoms. The van der Waals surface area contributed by atoms with Gasteiger partial charge in [0.15, 0.2) is 0 Å². The van der Waals surface area contributed by atoms with Gasteiger partial charge in [-0.05, 0) is 55.5 Å². The van der Waals surface area contributed by atoms with Gasteiger partial charge in [0.1, 0.15) is 23.9 Å². The quantitative estimate of drug-likeness (QED) is 0.342. The summed E-state index contributed by atoms with van der Waals surface area (Å²) in [4.78, 5) is 6.79. The lowest BCUT2D eigenvalue weighted by Gasteiger charge is -2.33. The third-order valence-electron chi connectivity index (χ3n) is 5.85. The zero-order valence-electron chi connectivity index (χ0n) is 18.9. The molecule has 33 heavy (non-hydrogen) atoms. The van der Waals surface area contributed by atoms with E-state index >= 15 is 0 Å². The minimum Gasteiger partial charge on any atom is -0.496 e. The standard InChI is InChI=1S/C25H26ClFN4O.ClH/c1-5-12-30-17(3)28-25(29-30)31(23-13-16(2)24(32-4)15-21(23)26)22(14-18-6-7-18)19-8-10-20(27)11-9-19;/h1,8-11,13,15,18,22H,6-7,12,14H2,2-4H3;1H. The van der Waals surface area contributed by atoms with Gasteiger partial charge in [0, 0.05) is 6.07 Å². The Hall–Kier alpha value is -2.75. The Bertz CT molecular complexity index is 1150. The van der Waals surface area contributed by atoms with E-state index in [0.29, 0.717) is 35.0 Å². The van der Waals surface area contributed by atoms with Crippen molar-refractivity contribution in [3.63, 3.8) is 0 Å². The largest absolute Gasteiger partial charge is 0.496 e. The van der Waals surface area contributed by atoms with Gasteiger partial charge in [0.2, 0.25) is 5.95 Å². The van der Waals surface area contributed by atoms with Crippen LogP contribution in [0.3, 0.4) is 0 Å². The summed E-state index contributed by atoms with van der Waals surface area (Å²) in [6, 6.07) is 10.3. The van der Waals surface area contributed by atoms with Gasteiger partial charge in [0.25, 0.3) is 0 Å². The normalized spacial score (nSPS) is 13.7. The highest BCUT2D eigenvalue weighted by Crippen LogP contribution is 2.46. The van der Waals surface area contributed by atoms with Gasteiger partial charge in [-0.3, -0.25) is 0 Å². The van der Waals surface area contributed by atoms with Crippen molar-refractivity contribution in [3.8, 4) is 18.1 Å². The molecule has 1 atom stereocenters. The van der Waals surface area contributed by atoms with Crippen molar-refractivity contribution in [1.82, 2.24) is 14.8 Å². The lowest BCUT2D eigenvalue weighted by atomic mass is 9.98. The van der Waals surface area contributed by atoms with Crippen molar-refractivity contribution < 1.29 is 9.13 Å². The van der Waals surface area contributed by atoms with E-state index in [2.05, 4.69) is 10.8 Å². The summed E-state index contributed by atoms with van der Waals surface area (Å²) in [5.41, 5.74) is 2.70. The zero-order chi connectivity index (χ0) is 22.8. The molecule has 0 saturated heterocycles. The summed E-state index contributed by atoms with van der Waals surface area (Å²) >= 11 is 6.77. The van der Waals surface area contributed by atoms with Crippen LogP contribution < -0.4 is 9.64 Å². The van der Waals surface area contributed by atoms with E-state index < -0.39 is 0 Å². The van der Waals surface area contributed by atoms with Crippen LogP contribution in [0.25, 0.3) is 0 Å². The predicted octanol–water partition coefficient (Wildman–Crippen LogP) is 6.43. The maximum absolute atomic E-state index is 13.7. The first-order valence-electron chi connectivity index (χ1n) is 10.6. The van der Waals surface area contributed by atoms with E-state index in [1.54, 1.807) is 11.8 Å². The monoisotopic (exact) mass is 488 g/mol. The van der Waals surface area contributed by atoms with Crippen molar-refractivity contribution in [2.75, 3.05) is 12.0 Å². The SMILES string of the molecule is C#CCn1nc(N(c2cc(C)c(OC)cc2Cl)C(CC2CC2)c2ccc(F)cc2)nc1C.Cl. The van der Waals surface area contributed by atoms with Crippen LogP contribution in [0.4, 0.5) is 16.0 Å². The zero-order valence-corrected chi connectivity index (χ0v) is 20.5. The Morgan fingerprint density at radius 2 is 1.97 bits per heavy atom. The summed E-state index contributed by atoms with van der Waals surface area (Å²) in [5.74, 6) is 4.89. The Labute approximate surface area is 205 Å². The molecule has 4 rings (SSSR count). The van der Waals surface area contributed by atoms with Crippen LogP contribution in [-0.4, -0.2) is 21.9 Å². The molecule has 1 aliphatic rings. The molecule has 0 aliphatic heterocycles. The molecule has 174 valence electrons. The summed E-state index contributed by atoms with van der Waals surface area (Å²) in [7, 11) is 1.62. The molecule has 0 spiro atoms. The van der Waals surface area contributed by atoms with Crippen molar-refractivity contribution in [3.05, 3.63) is 64.2 Å². The lowest BCUT2D eigenvalue weighted by molar-refractivity contribution is 0.411. The maximum atomic E-state index is 13.7. The number of methoxy groups -OCH3 is 1. The van der Waals surface area contributed by atoms with Gasteiger partial charge in [-0.15, -0.1) is 23.9 Å². The summed E-state index contributed by atoms with van der Waals surface area (Å²) < 4.78 is 20.9. The number of aromatic nitrogens is 3. The fraction of sp³-hybridized carbons (Fsp3) is 0.360. The predicted molar refractivity (Wildman–Crippen MR) is 132 cm³/mol. The van der Waals surface area contributed by atoms with Gasteiger partial charge in [-0.25, -0.2) is 9.07 Å². The minimum absolute atomic E-state index is 0. The molecule has 1 aromatic heterocycles. The van der Waals surface area contributed by atoms with E-state index in [0.717, 1.165) is 23.2 Å². The first-order chi connectivity index (χ1) is 15.4. The maximum Gasteiger partial charge on any atom is 0.250 e. The first-order valence-corrected chi connectivity index (χ1v) is 11.0. The van der Waals surface area contributed by atoms with E-state index in [-0.39, 0.29) is 24.3 Å². The number of hydrogen-bond donors (Lipinski definition) is 0. The number of terminal acetylenes is 1. The smallest absolute Gasteiger partial charge is 0.250 e. The molecule has 0 amide bonds. The lowest BCUT2D eigenvalue weighted by Crippen LogP contribution is -2.26. The molecular formula is C25H27Cl2FN4O. The third-order valence-corrected chi connectivity index (χ3v) is 6.15. The number of rotatable bonds is 8. The molecule has 1 fully saturated rings. The molecule has 0 N–H and O–H groups in total. The molecule has 0 radical (unpaired) electrons. The van der Waals surface area contributed by atoms with Crippen molar-refractivity contribution in [1.29, 1.82) is 0 Å². The third kappa shape index (κ3) is 5.43. The van der Waals surface area contributed by atoms with E-state index in [9.17, 15) is 4.39 Å². The van der Waals surface area contributed by atoms with Gasteiger partial charge in [-0.1, -0.05) is 42.5 Å². The Balaban J connectivity index is 0.00000306. The molecule has 1 heterocycles. The highest BCUT2D eigenvalue weighted by atomic mass is 35.5. The van der Waals surface area contributed by atoms with Crippen LogP contribution in [0.2, 0.25) is 5.02 Å². The summed E-state index contributed by atoms with van der Waals surface area (Å²) in [5, 5.41) is 5.24. The van der Waals surface area contributed by atoms with Crippen LogP contribution in [-0.2, 0) is 6.54 Å². The molecular weight excluding hydrogens is 462 g/mol. The minimum atomic E-state index is -0.268. The van der Waals surface area contributed by atoms with Crippen molar-refractivity contribution >= 4 is 35.6 Å². The molecule has 5 nitrogen and oxygen atoms in total. The Kier molecular flexibility index (Phi) is 7.88. The summed E-state index contributed by atoms with van der Waals surface area (Å²) in [6.45, 7) is 4.17. The second-order valence-corrected chi connectivity index (χ2v) is 8.62. The number of benzene rings is 2. The highest BCUT2D eigenvalue weighted by Gasteiger charge is 2.34.